The Kier molecular flexibility index (Phi) is 13.5. The van der Waals surface area contributed by atoms with Crippen molar-refractivity contribution in [1.82, 2.24) is 4.90 Å². The van der Waals surface area contributed by atoms with Gasteiger partial charge in [-0.15, -0.1) is 0 Å². The largest absolute Gasteiger partial charge is 0.480 e. The van der Waals surface area contributed by atoms with Crippen molar-refractivity contribution in [1.29, 1.82) is 0 Å². The van der Waals surface area contributed by atoms with Crippen LogP contribution in [-0.4, -0.2) is 101 Å². The third-order valence-electron chi connectivity index (χ3n) is 6.22. The molecule has 0 atom stereocenters. The van der Waals surface area contributed by atoms with Gasteiger partial charge < -0.3 is 34.5 Å². The van der Waals surface area contributed by atoms with Crippen LogP contribution >= 0.6 is 0 Å². The third-order valence-corrected chi connectivity index (χ3v) is 6.22. The molecule has 40 heavy (non-hydrogen) atoms. The summed E-state index contributed by atoms with van der Waals surface area (Å²) in [5.74, 6) is -2.05. The van der Waals surface area contributed by atoms with Crippen molar-refractivity contribution >= 4 is 18.0 Å². The maximum atomic E-state index is 13.0. The predicted octanol–water partition coefficient (Wildman–Crippen LogP) is 2.65. The smallest absolute Gasteiger partial charge is 0.416 e. The topological polar surface area (TPSA) is 147 Å². The number of nitrogens with two attached hydrogens (primary N) is 1. The van der Waals surface area contributed by atoms with E-state index in [1.807, 2.05) is 48.5 Å². The van der Waals surface area contributed by atoms with Gasteiger partial charge in [0, 0.05) is 25.7 Å². The Hall–Kier alpha value is -3.35. The zero-order chi connectivity index (χ0) is 28.6. The summed E-state index contributed by atoms with van der Waals surface area (Å²) >= 11 is 0. The minimum Gasteiger partial charge on any atom is -0.480 e. The molecular weight excluding hydrogens is 520 g/mol. The fourth-order valence-electron chi connectivity index (χ4n) is 4.35. The lowest BCUT2D eigenvalue weighted by molar-refractivity contribution is -0.145. The van der Waals surface area contributed by atoms with Crippen LogP contribution in [0.3, 0.4) is 0 Å². The van der Waals surface area contributed by atoms with E-state index in [9.17, 15) is 14.4 Å². The second-order valence-electron chi connectivity index (χ2n) is 9.07. The molecule has 218 valence electrons. The van der Waals surface area contributed by atoms with E-state index >= 15 is 0 Å². The van der Waals surface area contributed by atoms with Crippen molar-refractivity contribution in [3.8, 4) is 11.1 Å². The third kappa shape index (κ3) is 9.68. The highest BCUT2D eigenvalue weighted by molar-refractivity contribution is 5.92. The molecule has 0 unspecified atom stereocenters. The number of benzene rings is 2. The Bertz CT molecular complexity index is 1050. The minimum atomic E-state index is -1.21. The molecule has 11 heteroatoms. The maximum absolute atomic E-state index is 13.0. The number of carbonyl (C=O) groups excluding carboxylic acids is 2. The Morgan fingerprint density at radius 1 is 0.750 bits per heavy atom. The first-order valence-electron chi connectivity index (χ1n) is 13.4. The van der Waals surface area contributed by atoms with Gasteiger partial charge in [0.05, 0.1) is 26.4 Å². The molecule has 2 amide bonds. The lowest BCUT2D eigenvalue weighted by atomic mass is 9.98. The number of amides is 2. The van der Waals surface area contributed by atoms with E-state index < -0.39 is 31.2 Å². The number of carboxylic acid groups (broad SMARTS) is 1. The molecule has 0 aliphatic heterocycles. The van der Waals surface area contributed by atoms with Gasteiger partial charge in [-0.3, -0.25) is 4.79 Å². The molecule has 0 saturated carbocycles. The average molecular weight is 559 g/mol. The quantitative estimate of drug-likeness (QED) is 0.247. The molecule has 3 N–H and O–H groups in total. The van der Waals surface area contributed by atoms with Crippen molar-refractivity contribution in [3.05, 3.63) is 59.7 Å². The first-order chi connectivity index (χ1) is 19.5. The number of imide groups is 1. The van der Waals surface area contributed by atoms with Gasteiger partial charge in [-0.25, -0.2) is 14.5 Å². The van der Waals surface area contributed by atoms with E-state index in [2.05, 4.69) is 0 Å². The molecule has 2 aromatic carbocycles. The summed E-state index contributed by atoms with van der Waals surface area (Å²) in [5.41, 5.74) is 9.69. The highest BCUT2D eigenvalue weighted by Crippen LogP contribution is 2.44. The summed E-state index contributed by atoms with van der Waals surface area (Å²) in [6.07, 6.45) is 0.352. The van der Waals surface area contributed by atoms with Gasteiger partial charge in [0.15, 0.2) is 0 Å². The van der Waals surface area contributed by atoms with E-state index in [1.54, 1.807) is 0 Å². The first kappa shape index (κ1) is 31.2. The molecule has 0 aromatic heterocycles. The number of carboxylic acids is 1. The molecular formula is C29H38N2O9. The number of fused-ring (bicyclic) bond motifs is 3. The molecule has 0 fully saturated rings. The van der Waals surface area contributed by atoms with Gasteiger partial charge in [0.25, 0.3) is 5.91 Å². The van der Waals surface area contributed by atoms with Crippen LogP contribution in [0.1, 0.15) is 29.9 Å². The van der Waals surface area contributed by atoms with Gasteiger partial charge in [0.2, 0.25) is 0 Å². The lowest BCUT2D eigenvalue weighted by Gasteiger charge is -2.22. The molecule has 3 rings (SSSR count). The fourth-order valence-corrected chi connectivity index (χ4v) is 4.35. The fraction of sp³-hybridized carbons (Fsp3) is 0.483. The van der Waals surface area contributed by atoms with Crippen molar-refractivity contribution < 1.29 is 43.2 Å². The second-order valence-corrected chi connectivity index (χ2v) is 9.07. The van der Waals surface area contributed by atoms with Crippen LogP contribution in [0.5, 0.6) is 0 Å². The first-order valence-corrected chi connectivity index (χ1v) is 13.4. The summed E-state index contributed by atoms with van der Waals surface area (Å²) < 4.78 is 26.8. The molecule has 0 heterocycles. The molecule has 1 aliphatic rings. The number of hydrogen-bond acceptors (Lipinski definition) is 9. The highest BCUT2D eigenvalue weighted by atomic mass is 16.6. The molecule has 0 radical (unpaired) electrons. The van der Waals surface area contributed by atoms with E-state index in [1.165, 1.54) is 0 Å². The van der Waals surface area contributed by atoms with E-state index in [4.69, 9.17) is 34.5 Å². The maximum Gasteiger partial charge on any atom is 0.416 e. The normalized spacial score (nSPS) is 12.1. The predicted molar refractivity (Wildman–Crippen MR) is 146 cm³/mol. The summed E-state index contributed by atoms with van der Waals surface area (Å²) in [7, 11) is 0. The summed E-state index contributed by atoms with van der Waals surface area (Å²) in [6, 6.07) is 15.9. The van der Waals surface area contributed by atoms with Crippen LogP contribution in [0.4, 0.5) is 4.79 Å². The van der Waals surface area contributed by atoms with Crippen LogP contribution < -0.4 is 5.73 Å². The molecule has 1 aliphatic carbocycles. The molecule has 2 aromatic rings. The summed E-state index contributed by atoms with van der Waals surface area (Å²) in [6.45, 7) is 2.04. The van der Waals surface area contributed by atoms with Gasteiger partial charge in [0.1, 0.15) is 19.8 Å². The number of nitrogens with zero attached hydrogens (tertiary/aromatic N) is 1. The van der Waals surface area contributed by atoms with Crippen LogP contribution in [0, 0.1) is 0 Å². The Labute approximate surface area is 234 Å². The summed E-state index contributed by atoms with van der Waals surface area (Å²) in [4.78, 5) is 37.4. The van der Waals surface area contributed by atoms with Crippen LogP contribution in [-0.2, 0) is 33.3 Å². The lowest BCUT2D eigenvalue weighted by Crippen LogP contribution is -2.41. The number of carbonyl (C=O) groups is 3. The van der Waals surface area contributed by atoms with Gasteiger partial charge in [-0.2, -0.15) is 0 Å². The van der Waals surface area contributed by atoms with Crippen LogP contribution in [0.15, 0.2) is 48.5 Å². The zero-order valence-electron chi connectivity index (χ0n) is 22.6. The number of aliphatic carboxylic acids is 1. The van der Waals surface area contributed by atoms with E-state index in [-0.39, 0.29) is 25.7 Å². The van der Waals surface area contributed by atoms with Crippen molar-refractivity contribution in [3.63, 3.8) is 0 Å². The zero-order valence-corrected chi connectivity index (χ0v) is 22.6. The Morgan fingerprint density at radius 2 is 1.30 bits per heavy atom. The molecule has 0 spiro atoms. The van der Waals surface area contributed by atoms with Crippen LogP contribution in [0.25, 0.3) is 11.1 Å². The molecule has 11 nitrogen and oxygen atoms in total. The highest BCUT2D eigenvalue weighted by Gasteiger charge is 2.30. The van der Waals surface area contributed by atoms with Gasteiger partial charge in [-0.05, 0) is 41.6 Å². The van der Waals surface area contributed by atoms with Gasteiger partial charge >= 0.3 is 12.1 Å². The second kappa shape index (κ2) is 17.4. The summed E-state index contributed by atoms with van der Waals surface area (Å²) in [5, 5.41) is 8.79. The Morgan fingerprint density at radius 3 is 1.88 bits per heavy atom. The standard InChI is InChI=1S/C29H38N2O9/c30-11-5-13-36-15-17-38-18-16-37-14-6-12-31(27(32)20-39-21-28(33)34)29(35)40-19-26-24-9-3-1-7-22(24)23-8-2-4-10-25(23)26/h1-4,7-10,26H,5-6,11-21,30H2,(H,33,34). The monoisotopic (exact) mass is 558 g/mol. The number of rotatable bonds is 19. The van der Waals surface area contributed by atoms with Crippen molar-refractivity contribution in [2.75, 3.05) is 72.6 Å². The number of ether oxygens (including phenoxy) is 5. The number of hydrogen-bond donors (Lipinski definition) is 2. The average Bonchev–Trinajstić information content (AvgIpc) is 3.27. The van der Waals surface area contributed by atoms with E-state index in [0.29, 0.717) is 46.0 Å². The SMILES string of the molecule is NCCCOCCOCCOCCCN(C(=O)COCC(=O)O)C(=O)OCC1c2ccccc2-c2ccccc21. The van der Waals surface area contributed by atoms with Gasteiger partial charge in [-0.1, -0.05) is 48.5 Å². The van der Waals surface area contributed by atoms with E-state index in [0.717, 1.165) is 33.6 Å². The minimum absolute atomic E-state index is 0.0295. The molecule has 0 saturated heterocycles. The Balaban J connectivity index is 1.47. The van der Waals surface area contributed by atoms with Crippen molar-refractivity contribution in [2.45, 2.75) is 18.8 Å². The van der Waals surface area contributed by atoms with Crippen LogP contribution in [0.2, 0.25) is 0 Å². The molecule has 0 bridgehead atoms. The van der Waals surface area contributed by atoms with Crippen molar-refractivity contribution in [2.24, 2.45) is 5.73 Å².